The minimum absolute atomic E-state index is 0.272. The lowest BCUT2D eigenvalue weighted by molar-refractivity contribution is -0.102. The molecule has 3 nitrogen and oxygen atoms in total. The highest BCUT2D eigenvalue weighted by Crippen LogP contribution is 2.41. The van der Waals surface area contributed by atoms with Crippen molar-refractivity contribution in [1.82, 2.24) is 5.32 Å². The van der Waals surface area contributed by atoms with Gasteiger partial charge in [-0.3, -0.25) is 0 Å². The minimum Gasteiger partial charge on any atom is -0.380 e. The van der Waals surface area contributed by atoms with Crippen molar-refractivity contribution in [3.05, 3.63) is 0 Å². The Bertz CT molecular complexity index is 282. The molecule has 0 aromatic carbocycles. The molecule has 1 aliphatic carbocycles. The minimum atomic E-state index is 0.272. The first-order valence-corrected chi connectivity index (χ1v) is 7.66. The summed E-state index contributed by atoms with van der Waals surface area (Å²) in [6.45, 7) is 6.21. The molecule has 2 aliphatic heterocycles. The maximum absolute atomic E-state index is 6.36. The van der Waals surface area contributed by atoms with Gasteiger partial charge in [-0.15, -0.1) is 0 Å². The van der Waals surface area contributed by atoms with E-state index in [0.717, 1.165) is 26.3 Å². The van der Waals surface area contributed by atoms with E-state index in [1.54, 1.807) is 0 Å². The Kier molecular flexibility index (Phi) is 3.65. The summed E-state index contributed by atoms with van der Waals surface area (Å²) in [6.07, 6.45) is 9.74. The topological polar surface area (TPSA) is 30.5 Å². The number of hydrogen-bond acceptors (Lipinski definition) is 3. The molecule has 2 saturated heterocycles. The fraction of sp³-hybridized carbons (Fsp3) is 1.00. The summed E-state index contributed by atoms with van der Waals surface area (Å²) in [5, 5.41) is 3.59. The molecule has 2 heterocycles. The quantitative estimate of drug-likeness (QED) is 0.835. The molecule has 0 aromatic rings. The second kappa shape index (κ2) is 5.10. The first-order valence-electron chi connectivity index (χ1n) is 7.66. The van der Waals surface area contributed by atoms with Gasteiger partial charge in [-0.1, -0.05) is 26.2 Å². The molecule has 104 valence electrons. The number of rotatable bonds is 4. The average Bonchev–Trinajstić information content (AvgIpc) is 2.71. The Morgan fingerprint density at radius 2 is 1.89 bits per heavy atom. The largest absolute Gasteiger partial charge is 0.380 e. The van der Waals surface area contributed by atoms with E-state index in [-0.39, 0.29) is 5.60 Å². The molecule has 1 saturated carbocycles. The van der Waals surface area contributed by atoms with E-state index in [9.17, 15) is 0 Å². The van der Waals surface area contributed by atoms with Crippen LogP contribution in [0.25, 0.3) is 0 Å². The van der Waals surface area contributed by atoms with Gasteiger partial charge in [-0.25, -0.2) is 0 Å². The fourth-order valence-corrected chi connectivity index (χ4v) is 3.69. The third-order valence-electron chi connectivity index (χ3n) is 4.93. The summed E-state index contributed by atoms with van der Waals surface area (Å²) in [5.41, 5.74) is 0.648. The molecule has 3 fully saturated rings. The van der Waals surface area contributed by atoms with Gasteiger partial charge in [-0.2, -0.15) is 0 Å². The lowest BCUT2D eigenvalue weighted by Crippen LogP contribution is -2.48. The van der Waals surface area contributed by atoms with Gasteiger partial charge in [0.1, 0.15) is 0 Å². The van der Waals surface area contributed by atoms with Crippen LogP contribution in [0.3, 0.4) is 0 Å². The molecule has 1 N–H and O–H groups in total. The second-order valence-corrected chi connectivity index (χ2v) is 6.96. The Morgan fingerprint density at radius 1 is 1.11 bits per heavy atom. The SMILES string of the molecule is CC1(CNCC2CCC3(CCCCC3)O2)COC1. The molecule has 0 amide bonds. The van der Waals surface area contributed by atoms with Crippen LogP contribution >= 0.6 is 0 Å². The number of hydrogen-bond donors (Lipinski definition) is 1. The van der Waals surface area contributed by atoms with E-state index in [1.807, 2.05) is 0 Å². The molecule has 3 aliphatic rings. The monoisotopic (exact) mass is 253 g/mol. The Morgan fingerprint density at radius 3 is 2.56 bits per heavy atom. The number of nitrogens with one attached hydrogen (secondary N) is 1. The standard InChI is InChI=1S/C15H27NO2/c1-14(11-17-12-14)10-16-9-13-5-8-15(18-13)6-3-2-4-7-15/h13,16H,2-12H2,1H3. The van der Waals surface area contributed by atoms with E-state index in [0.29, 0.717) is 11.5 Å². The Hall–Kier alpha value is -0.120. The van der Waals surface area contributed by atoms with Crippen LogP contribution in [0.2, 0.25) is 0 Å². The first kappa shape index (κ1) is 12.9. The van der Waals surface area contributed by atoms with Gasteiger partial charge in [0.15, 0.2) is 0 Å². The molecule has 1 spiro atoms. The smallest absolute Gasteiger partial charge is 0.0708 e. The molecule has 0 bridgehead atoms. The highest BCUT2D eigenvalue weighted by molar-refractivity contribution is 4.92. The van der Waals surface area contributed by atoms with Gasteiger partial charge in [-0.05, 0) is 25.7 Å². The first-order chi connectivity index (χ1) is 8.70. The van der Waals surface area contributed by atoms with Crippen molar-refractivity contribution in [2.45, 2.75) is 63.6 Å². The summed E-state index contributed by atoms with van der Waals surface area (Å²) in [5.74, 6) is 0. The summed E-state index contributed by atoms with van der Waals surface area (Å²) in [4.78, 5) is 0. The van der Waals surface area contributed by atoms with Crippen LogP contribution in [0.15, 0.2) is 0 Å². The maximum atomic E-state index is 6.36. The van der Waals surface area contributed by atoms with Crippen molar-refractivity contribution in [2.75, 3.05) is 26.3 Å². The van der Waals surface area contributed by atoms with E-state index in [2.05, 4.69) is 12.2 Å². The van der Waals surface area contributed by atoms with Crippen LogP contribution in [-0.2, 0) is 9.47 Å². The zero-order chi connectivity index (χ0) is 12.5. The predicted molar refractivity (Wildman–Crippen MR) is 71.7 cm³/mol. The molecule has 1 atom stereocenters. The van der Waals surface area contributed by atoms with Crippen molar-refractivity contribution in [1.29, 1.82) is 0 Å². The summed E-state index contributed by atoms with van der Waals surface area (Å²) >= 11 is 0. The van der Waals surface area contributed by atoms with E-state index in [4.69, 9.17) is 9.47 Å². The normalized spacial score (nSPS) is 33.5. The molecule has 0 aromatic heterocycles. The van der Waals surface area contributed by atoms with Crippen molar-refractivity contribution in [3.8, 4) is 0 Å². The average molecular weight is 253 g/mol. The van der Waals surface area contributed by atoms with Crippen LogP contribution < -0.4 is 5.32 Å². The summed E-state index contributed by atoms with van der Waals surface area (Å²) < 4.78 is 11.6. The highest BCUT2D eigenvalue weighted by Gasteiger charge is 2.41. The van der Waals surface area contributed by atoms with Crippen molar-refractivity contribution in [2.24, 2.45) is 5.41 Å². The van der Waals surface area contributed by atoms with Gasteiger partial charge in [0, 0.05) is 18.5 Å². The zero-order valence-electron chi connectivity index (χ0n) is 11.7. The van der Waals surface area contributed by atoms with Crippen molar-refractivity contribution in [3.63, 3.8) is 0 Å². The van der Waals surface area contributed by atoms with Gasteiger partial charge in [0.05, 0.1) is 24.9 Å². The second-order valence-electron chi connectivity index (χ2n) is 6.96. The highest BCUT2D eigenvalue weighted by atomic mass is 16.5. The Balaban J connectivity index is 1.39. The van der Waals surface area contributed by atoms with E-state index in [1.165, 1.54) is 44.9 Å². The van der Waals surface area contributed by atoms with Gasteiger partial charge in [0.25, 0.3) is 0 Å². The zero-order valence-corrected chi connectivity index (χ0v) is 11.7. The van der Waals surface area contributed by atoms with Crippen molar-refractivity contribution >= 4 is 0 Å². The molecule has 3 rings (SSSR count). The Labute approximate surface area is 111 Å². The van der Waals surface area contributed by atoms with Crippen LogP contribution in [0.5, 0.6) is 0 Å². The van der Waals surface area contributed by atoms with Crippen LogP contribution in [0.1, 0.15) is 51.9 Å². The lowest BCUT2D eigenvalue weighted by atomic mass is 9.83. The third kappa shape index (κ3) is 2.73. The van der Waals surface area contributed by atoms with Gasteiger partial charge in [0.2, 0.25) is 0 Å². The van der Waals surface area contributed by atoms with Crippen LogP contribution in [-0.4, -0.2) is 38.0 Å². The number of ether oxygens (including phenoxy) is 2. The van der Waals surface area contributed by atoms with Gasteiger partial charge >= 0.3 is 0 Å². The van der Waals surface area contributed by atoms with Gasteiger partial charge < -0.3 is 14.8 Å². The van der Waals surface area contributed by atoms with E-state index >= 15 is 0 Å². The fourth-order valence-electron chi connectivity index (χ4n) is 3.69. The molecule has 18 heavy (non-hydrogen) atoms. The van der Waals surface area contributed by atoms with Crippen LogP contribution in [0, 0.1) is 5.41 Å². The van der Waals surface area contributed by atoms with Crippen molar-refractivity contribution < 1.29 is 9.47 Å². The molecular formula is C15H27NO2. The lowest BCUT2D eigenvalue weighted by Gasteiger charge is -2.38. The molecular weight excluding hydrogens is 226 g/mol. The molecule has 0 radical (unpaired) electrons. The summed E-state index contributed by atoms with van der Waals surface area (Å²) in [7, 11) is 0. The van der Waals surface area contributed by atoms with Crippen LogP contribution in [0.4, 0.5) is 0 Å². The molecule has 1 unspecified atom stereocenters. The summed E-state index contributed by atoms with van der Waals surface area (Å²) in [6, 6.07) is 0. The molecule has 3 heteroatoms. The maximum Gasteiger partial charge on any atom is 0.0708 e. The third-order valence-corrected chi connectivity index (χ3v) is 4.93. The van der Waals surface area contributed by atoms with E-state index < -0.39 is 0 Å². The predicted octanol–water partition coefficient (Wildman–Crippen LogP) is 2.49.